The maximum Gasteiger partial charge on any atom is 0.226 e. The molecule has 0 amide bonds. The van der Waals surface area contributed by atoms with Gasteiger partial charge in [-0.25, -0.2) is 0 Å². The Balaban J connectivity index is 2.33. The molecule has 0 atom stereocenters. The first-order valence-electron chi connectivity index (χ1n) is 3.69. The lowest BCUT2D eigenvalue weighted by molar-refractivity contribution is 0.412. The van der Waals surface area contributed by atoms with E-state index in [9.17, 15) is 0 Å². The predicted molar refractivity (Wildman–Crippen MR) is 45.2 cm³/mol. The predicted octanol–water partition coefficient (Wildman–Crippen LogP) is 2.29. The van der Waals surface area contributed by atoms with Gasteiger partial charge in [-0.3, -0.25) is 0 Å². The zero-order chi connectivity index (χ0) is 7.84. The quantitative estimate of drug-likeness (QED) is 0.784. The highest BCUT2D eigenvalue weighted by Gasteiger charge is 2.26. The van der Waals surface area contributed by atoms with Crippen LogP contribution in [0.5, 0.6) is 0 Å². The zero-order valence-electron chi connectivity index (χ0n) is 6.01. The van der Waals surface area contributed by atoms with Crippen molar-refractivity contribution in [2.24, 2.45) is 0 Å². The zero-order valence-corrected chi connectivity index (χ0v) is 7.60. The molecule has 3 nitrogen and oxygen atoms in total. The van der Waals surface area contributed by atoms with E-state index in [-0.39, 0.29) is 0 Å². The fourth-order valence-corrected chi connectivity index (χ4v) is 1.95. The van der Waals surface area contributed by atoms with Crippen molar-refractivity contribution in [3.8, 4) is 0 Å². The van der Waals surface area contributed by atoms with Crippen molar-refractivity contribution in [2.45, 2.75) is 25.2 Å². The molecule has 0 unspecified atom stereocenters. The molecule has 0 radical (unpaired) electrons. The Morgan fingerprint density at radius 3 is 2.64 bits per heavy atom. The largest absolute Gasteiger partial charge is 0.367 e. The first-order valence-corrected chi connectivity index (χ1v) is 4.49. The van der Waals surface area contributed by atoms with E-state index in [1.807, 2.05) is 0 Å². The van der Waals surface area contributed by atoms with Crippen LogP contribution >= 0.6 is 15.9 Å². The molecule has 2 N–H and O–H groups in total. The molecule has 1 heterocycles. The van der Waals surface area contributed by atoms with Crippen LogP contribution in [0.2, 0.25) is 0 Å². The van der Waals surface area contributed by atoms with Gasteiger partial charge in [-0.05, 0) is 34.7 Å². The Labute approximate surface area is 73.1 Å². The summed E-state index contributed by atoms with van der Waals surface area (Å²) in [5.74, 6) is 1.05. The Morgan fingerprint density at radius 2 is 2.27 bits per heavy atom. The fourth-order valence-electron chi connectivity index (χ4n) is 1.36. The fraction of sp³-hybridized carbons (Fsp3) is 0.571. The van der Waals surface area contributed by atoms with Gasteiger partial charge in [0.2, 0.25) is 5.88 Å². The monoisotopic (exact) mass is 216 g/mol. The normalized spacial score (nSPS) is 18.3. The number of rotatable bonds is 1. The maximum absolute atomic E-state index is 5.59. The van der Waals surface area contributed by atoms with Crippen LogP contribution < -0.4 is 5.73 Å². The molecule has 1 fully saturated rings. The summed E-state index contributed by atoms with van der Waals surface area (Å²) in [5.41, 5.74) is 6.66. The van der Waals surface area contributed by atoms with Crippen molar-refractivity contribution in [1.82, 2.24) is 5.16 Å². The molecule has 4 heteroatoms. The number of nitrogens with zero attached hydrogens (tertiary/aromatic N) is 1. The summed E-state index contributed by atoms with van der Waals surface area (Å²) in [4.78, 5) is 0. The minimum absolute atomic E-state index is 0.474. The average molecular weight is 217 g/mol. The van der Waals surface area contributed by atoms with Crippen molar-refractivity contribution >= 4 is 21.8 Å². The molecular formula is C7H9BrN2O. The van der Waals surface area contributed by atoms with Crippen LogP contribution in [-0.4, -0.2) is 5.16 Å². The van der Waals surface area contributed by atoms with Crippen LogP contribution in [0.3, 0.4) is 0 Å². The summed E-state index contributed by atoms with van der Waals surface area (Å²) in [6.45, 7) is 0. The number of nitrogens with two attached hydrogens (primary N) is 1. The summed E-state index contributed by atoms with van der Waals surface area (Å²) >= 11 is 3.31. The van der Waals surface area contributed by atoms with E-state index < -0.39 is 0 Å². The molecule has 1 aromatic rings. The van der Waals surface area contributed by atoms with E-state index in [0.717, 1.165) is 10.2 Å². The number of hydrogen-bond donors (Lipinski definition) is 1. The average Bonchev–Trinajstić information content (AvgIpc) is 2.15. The van der Waals surface area contributed by atoms with Gasteiger partial charge in [0.05, 0.1) is 5.56 Å². The second-order valence-electron chi connectivity index (χ2n) is 2.88. The highest BCUT2D eigenvalue weighted by atomic mass is 79.9. The second-order valence-corrected chi connectivity index (χ2v) is 3.63. The van der Waals surface area contributed by atoms with Crippen LogP contribution in [0.25, 0.3) is 0 Å². The molecule has 60 valence electrons. The maximum atomic E-state index is 5.59. The van der Waals surface area contributed by atoms with Crippen LogP contribution in [0.4, 0.5) is 5.88 Å². The number of anilines is 1. The number of halogens is 1. The van der Waals surface area contributed by atoms with Crippen molar-refractivity contribution in [3.05, 3.63) is 10.2 Å². The van der Waals surface area contributed by atoms with E-state index in [0.29, 0.717) is 11.8 Å². The third-order valence-corrected chi connectivity index (χ3v) is 2.80. The standard InChI is InChI=1S/C7H9BrN2O/c8-6-5(4-2-1-3-4)7(9)11-10-6/h4H,1-3,9H2. The number of nitrogen functional groups attached to an aromatic ring is 1. The highest BCUT2D eigenvalue weighted by Crippen LogP contribution is 2.42. The van der Waals surface area contributed by atoms with Crippen molar-refractivity contribution < 1.29 is 4.52 Å². The van der Waals surface area contributed by atoms with Gasteiger partial charge in [-0.1, -0.05) is 11.6 Å². The lowest BCUT2D eigenvalue weighted by Crippen LogP contribution is -2.10. The van der Waals surface area contributed by atoms with Crippen LogP contribution in [0.15, 0.2) is 9.13 Å². The van der Waals surface area contributed by atoms with Gasteiger partial charge in [0.1, 0.15) is 0 Å². The molecule has 1 saturated carbocycles. The molecule has 11 heavy (non-hydrogen) atoms. The Hall–Kier alpha value is -0.510. The van der Waals surface area contributed by atoms with Crippen LogP contribution in [-0.2, 0) is 0 Å². The molecule has 0 bridgehead atoms. The van der Waals surface area contributed by atoms with Crippen molar-refractivity contribution in [2.75, 3.05) is 5.73 Å². The van der Waals surface area contributed by atoms with Gasteiger partial charge in [0.25, 0.3) is 0 Å². The highest BCUT2D eigenvalue weighted by molar-refractivity contribution is 9.10. The summed E-state index contributed by atoms with van der Waals surface area (Å²) in [6, 6.07) is 0. The van der Waals surface area contributed by atoms with E-state index >= 15 is 0 Å². The minimum atomic E-state index is 0.474. The van der Waals surface area contributed by atoms with Gasteiger partial charge in [-0.15, -0.1) is 0 Å². The Kier molecular flexibility index (Phi) is 1.64. The molecule has 0 saturated heterocycles. The minimum Gasteiger partial charge on any atom is -0.367 e. The molecule has 1 aromatic heterocycles. The third-order valence-electron chi connectivity index (χ3n) is 2.23. The van der Waals surface area contributed by atoms with E-state index in [2.05, 4.69) is 21.1 Å². The molecule has 0 aromatic carbocycles. The Bertz CT molecular complexity index is 248. The van der Waals surface area contributed by atoms with Gasteiger partial charge in [0.15, 0.2) is 4.60 Å². The summed E-state index contributed by atoms with van der Waals surface area (Å²) in [5, 5.41) is 3.74. The van der Waals surface area contributed by atoms with Gasteiger partial charge in [0, 0.05) is 0 Å². The summed E-state index contributed by atoms with van der Waals surface area (Å²) < 4.78 is 5.61. The number of hydrogen-bond acceptors (Lipinski definition) is 3. The summed E-state index contributed by atoms with van der Waals surface area (Å²) in [6.07, 6.45) is 3.72. The van der Waals surface area contributed by atoms with E-state index in [1.54, 1.807) is 0 Å². The van der Waals surface area contributed by atoms with Gasteiger partial charge < -0.3 is 10.3 Å². The van der Waals surface area contributed by atoms with Crippen LogP contribution in [0, 0.1) is 0 Å². The smallest absolute Gasteiger partial charge is 0.226 e. The summed E-state index contributed by atoms with van der Waals surface area (Å²) in [7, 11) is 0. The molecule has 2 rings (SSSR count). The van der Waals surface area contributed by atoms with E-state index in [1.165, 1.54) is 19.3 Å². The van der Waals surface area contributed by atoms with Crippen LogP contribution in [0.1, 0.15) is 30.7 Å². The first-order chi connectivity index (χ1) is 5.29. The van der Waals surface area contributed by atoms with Gasteiger partial charge in [-0.2, -0.15) is 0 Å². The van der Waals surface area contributed by atoms with E-state index in [4.69, 9.17) is 10.3 Å². The topological polar surface area (TPSA) is 52.0 Å². The molecule has 1 aliphatic carbocycles. The number of aromatic nitrogens is 1. The third kappa shape index (κ3) is 1.05. The second kappa shape index (κ2) is 2.52. The molecule has 0 spiro atoms. The SMILES string of the molecule is Nc1onc(Br)c1C1CCC1. The molecule has 1 aliphatic rings. The lowest BCUT2D eigenvalue weighted by Gasteiger charge is -2.24. The lowest BCUT2D eigenvalue weighted by atomic mass is 9.81. The Morgan fingerprint density at radius 1 is 1.55 bits per heavy atom. The van der Waals surface area contributed by atoms with Crippen molar-refractivity contribution in [1.29, 1.82) is 0 Å². The first kappa shape index (κ1) is 7.16. The molecule has 0 aliphatic heterocycles. The molecular weight excluding hydrogens is 208 g/mol. The van der Waals surface area contributed by atoms with Gasteiger partial charge >= 0.3 is 0 Å². The van der Waals surface area contributed by atoms with Crippen molar-refractivity contribution in [3.63, 3.8) is 0 Å².